The first-order chi connectivity index (χ1) is 15.5. The van der Waals surface area contributed by atoms with E-state index in [4.69, 9.17) is 10.5 Å². The molecule has 3 aromatic rings. The summed E-state index contributed by atoms with van der Waals surface area (Å²) in [6, 6.07) is 8.02. The third kappa shape index (κ3) is 3.05. The van der Waals surface area contributed by atoms with Gasteiger partial charge in [0, 0.05) is 24.9 Å². The number of allylic oxidation sites excluding steroid dienone is 1. The Morgan fingerprint density at radius 2 is 2.09 bits per heavy atom. The van der Waals surface area contributed by atoms with Crippen molar-refractivity contribution in [2.24, 2.45) is 17.1 Å². The zero-order chi connectivity index (χ0) is 22.4. The lowest BCUT2D eigenvalue weighted by Crippen LogP contribution is -2.28. The number of hydrogen-bond donors (Lipinski definition) is 1. The predicted molar refractivity (Wildman–Crippen MR) is 116 cm³/mol. The summed E-state index contributed by atoms with van der Waals surface area (Å²) in [4.78, 5) is 4.67. The minimum atomic E-state index is -0.620. The van der Waals surface area contributed by atoms with Crippen LogP contribution in [0.4, 0.5) is 21.7 Å². The summed E-state index contributed by atoms with van der Waals surface area (Å²) >= 11 is 0. The van der Waals surface area contributed by atoms with E-state index in [1.807, 2.05) is 0 Å². The molecule has 4 heterocycles. The maximum atomic E-state index is 14.2. The topological polar surface area (TPSA) is 131 Å². The molecule has 0 spiro atoms. The molecule has 0 saturated heterocycles. The van der Waals surface area contributed by atoms with E-state index in [2.05, 4.69) is 31.5 Å². The number of halogens is 1. The number of aromatic nitrogens is 4. The Bertz CT molecular complexity index is 1380. The first-order valence-corrected chi connectivity index (χ1v) is 9.62. The summed E-state index contributed by atoms with van der Waals surface area (Å²) in [6.07, 6.45) is 4.43. The largest absolute Gasteiger partial charge is 0.482 e. The minimum absolute atomic E-state index is 0.0580. The van der Waals surface area contributed by atoms with Gasteiger partial charge in [-0.2, -0.15) is 15.5 Å². The lowest BCUT2D eigenvalue weighted by molar-refractivity contribution is 0.227. The van der Waals surface area contributed by atoms with Gasteiger partial charge in [0.25, 0.3) is 0 Å². The van der Waals surface area contributed by atoms with E-state index in [-0.39, 0.29) is 23.1 Å². The van der Waals surface area contributed by atoms with Gasteiger partial charge in [-0.3, -0.25) is 4.68 Å². The molecule has 2 bridgehead atoms. The molecule has 32 heavy (non-hydrogen) atoms. The zero-order valence-electron chi connectivity index (χ0n) is 17.1. The van der Waals surface area contributed by atoms with Crippen LogP contribution >= 0.6 is 0 Å². The highest BCUT2D eigenvalue weighted by Crippen LogP contribution is 2.38. The second kappa shape index (κ2) is 7.28. The summed E-state index contributed by atoms with van der Waals surface area (Å²) in [7, 11) is 1.64. The van der Waals surface area contributed by atoms with Gasteiger partial charge in [-0.15, -0.1) is 10.2 Å². The highest BCUT2D eigenvalue weighted by molar-refractivity contribution is 6.11. The molecule has 158 valence electrons. The molecular formula is C21H16FN9O. The van der Waals surface area contributed by atoms with Crippen molar-refractivity contribution in [3.63, 3.8) is 0 Å². The molecule has 10 nitrogen and oxygen atoms in total. The summed E-state index contributed by atoms with van der Waals surface area (Å²) in [5.41, 5.74) is 8.05. The minimum Gasteiger partial charge on any atom is -0.482 e. The molecular weight excluding hydrogens is 413 g/mol. The monoisotopic (exact) mass is 429 g/mol. The molecule has 5 rings (SSSR count). The second-order valence-electron chi connectivity index (χ2n) is 7.13. The molecule has 2 N–H and O–H groups in total. The van der Waals surface area contributed by atoms with E-state index in [9.17, 15) is 9.65 Å². The summed E-state index contributed by atoms with van der Waals surface area (Å²) in [5.74, 6) is 0.535. The number of fused-ring (bicyclic) bond motifs is 7. The van der Waals surface area contributed by atoms with Crippen LogP contribution in [0.15, 0.2) is 46.5 Å². The van der Waals surface area contributed by atoms with Crippen molar-refractivity contribution < 1.29 is 9.13 Å². The molecule has 2 aliphatic rings. The van der Waals surface area contributed by atoms with E-state index in [0.717, 1.165) is 0 Å². The van der Waals surface area contributed by atoms with Crippen molar-refractivity contribution in [2.75, 3.05) is 10.7 Å². The molecule has 0 amide bonds. The average Bonchev–Trinajstić information content (AvgIpc) is 3.09. The third-order valence-corrected chi connectivity index (χ3v) is 5.09. The first-order valence-electron chi connectivity index (χ1n) is 9.62. The summed E-state index contributed by atoms with van der Waals surface area (Å²) < 4.78 is 21.7. The Labute approximate surface area is 181 Å². The number of hydrazone groups is 1. The lowest BCUT2D eigenvalue weighted by atomic mass is 10.1. The molecule has 1 atom stereocenters. The van der Waals surface area contributed by atoms with Gasteiger partial charge in [-0.25, -0.2) is 14.4 Å². The fraction of sp³-hybridized carbons (Fsp3) is 0.143. The average molecular weight is 429 g/mol. The summed E-state index contributed by atoms with van der Waals surface area (Å²) in [5, 5.41) is 28.2. The Morgan fingerprint density at radius 1 is 1.25 bits per heavy atom. The van der Waals surface area contributed by atoms with Crippen LogP contribution in [-0.2, 0) is 7.05 Å². The highest BCUT2D eigenvalue weighted by atomic mass is 19.1. The van der Waals surface area contributed by atoms with Gasteiger partial charge in [0.15, 0.2) is 23.2 Å². The van der Waals surface area contributed by atoms with Crippen molar-refractivity contribution in [3.8, 4) is 23.1 Å². The molecule has 2 aliphatic heterocycles. The fourth-order valence-electron chi connectivity index (χ4n) is 3.59. The number of amidine groups is 1. The van der Waals surface area contributed by atoms with Crippen LogP contribution in [0.3, 0.4) is 0 Å². The molecule has 0 saturated carbocycles. The number of aliphatic imine (C=N–C) groups is 1. The van der Waals surface area contributed by atoms with E-state index in [1.165, 1.54) is 16.8 Å². The number of ether oxygens (including phenoxy) is 1. The van der Waals surface area contributed by atoms with Crippen LogP contribution in [0.2, 0.25) is 0 Å². The van der Waals surface area contributed by atoms with Crippen LogP contribution in [0.5, 0.6) is 5.75 Å². The number of nitrogens with two attached hydrogens (primary N) is 1. The van der Waals surface area contributed by atoms with Gasteiger partial charge in [0.1, 0.15) is 29.4 Å². The van der Waals surface area contributed by atoms with Crippen LogP contribution in [0.25, 0.3) is 11.3 Å². The Balaban J connectivity index is 1.85. The van der Waals surface area contributed by atoms with Crippen LogP contribution in [0.1, 0.15) is 24.3 Å². The van der Waals surface area contributed by atoms with Crippen molar-refractivity contribution in [3.05, 3.63) is 53.5 Å². The quantitative estimate of drug-likeness (QED) is 0.581. The van der Waals surface area contributed by atoms with Gasteiger partial charge in [-0.1, -0.05) is 0 Å². The molecule has 0 radical (unpaired) electrons. The predicted octanol–water partition coefficient (Wildman–Crippen LogP) is 3.02. The Hall–Kier alpha value is -4.59. The zero-order valence-corrected chi connectivity index (χ0v) is 17.1. The van der Waals surface area contributed by atoms with Gasteiger partial charge >= 0.3 is 0 Å². The maximum absolute atomic E-state index is 14.2. The van der Waals surface area contributed by atoms with E-state index in [1.54, 1.807) is 49.5 Å². The highest BCUT2D eigenvalue weighted by Gasteiger charge is 2.27. The van der Waals surface area contributed by atoms with Gasteiger partial charge in [0.05, 0.1) is 11.3 Å². The molecule has 0 unspecified atom stereocenters. The number of rotatable bonds is 0. The number of hydrogen-bond acceptors (Lipinski definition) is 9. The lowest BCUT2D eigenvalue weighted by Gasteiger charge is -2.26. The second-order valence-corrected chi connectivity index (χ2v) is 7.13. The maximum Gasteiger partial charge on any atom is 0.188 e. The van der Waals surface area contributed by atoms with Gasteiger partial charge in [0.2, 0.25) is 0 Å². The normalized spacial score (nSPS) is 18.1. The van der Waals surface area contributed by atoms with Crippen molar-refractivity contribution in [2.45, 2.75) is 13.0 Å². The van der Waals surface area contributed by atoms with Crippen molar-refractivity contribution in [1.29, 1.82) is 5.26 Å². The van der Waals surface area contributed by atoms with Gasteiger partial charge in [-0.05, 0) is 37.3 Å². The van der Waals surface area contributed by atoms with Crippen LogP contribution in [-0.4, -0.2) is 32.0 Å². The van der Waals surface area contributed by atoms with Crippen LogP contribution in [0, 0.1) is 17.1 Å². The third-order valence-electron chi connectivity index (χ3n) is 5.09. The molecule has 1 aromatic carbocycles. The number of anilines is 2. The number of benzene rings is 1. The van der Waals surface area contributed by atoms with Crippen LogP contribution < -0.4 is 15.5 Å². The number of nitriles is 1. The van der Waals surface area contributed by atoms with E-state index < -0.39 is 11.9 Å². The van der Waals surface area contributed by atoms with Gasteiger partial charge < -0.3 is 10.5 Å². The summed E-state index contributed by atoms with van der Waals surface area (Å²) in [6.45, 7) is 1.76. The van der Waals surface area contributed by atoms with Crippen molar-refractivity contribution in [1.82, 2.24) is 20.0 Å². The Morgan fingerprint density at radius 3 is 2.91 bits per heavy atom. The van der Waals surface area contributed by atoms with E-state index in [0.29, 0.717) is 28.3 Å². The Kier molecular flexibility index (Phi) is 4.41. The fourth-order valence-corrected chi connectivity index (χ4v) is 3.59. The van der Waals surface area contributed by atoms with E-state index >= 15 is 0 Å². The molecule has 0 fully saturated rings. The standard InChI is InChI=1S/C21H16FN9O/c1-11-13-8-12(22)5-6-15(13)31-18(4-3-7-25-31)26-21-19(16(10-23)30(2)29-21)14-9-17(32-11)20(24)28-27-14/h3-9,11H,1-2H3,(H2,24,28)/b26-18+/t11-/m1/s1. The van der Waals surface area contributed by atoms with Crippen molar-refractivity contribution >= 4 is 29.4 Å². The number of aryl methyl sites for hydroxylation is 1. The first kappa shape index (κ1) is 19.4. The number of nitrogen functional groups attached to an aromatic ring is 1. The SMILES string of the molecule is C[C@H]1Oc2cc(nnc2N)-c2c(nn(C)c2C#N)/N=C2\C=CC=NN2c2ccc(F)cc21. The molecule has 0 aliphatic carbocycles. The molecule has 11 heteroatoms. The molecule has 2 aromatic heterocycles. The number of nitrogens with zero attached hydrogens (tertiary/aromatic N) is 8. The smallest absolute Gasteiger partial charge is 0.188 e.